The number of hydrogen-bond acceptors (Lipinski definition) is 4. The summed E-state index contributed by atoms with van der Waals surface area (Å²) < 4.78 is 30.7. The second-order valence-corrected chi connectivity index (χ2v) is 7.40. The minimum atomic E-state index is -3.67. The highest BCUT2D eigenvalue weighted by molar-refractivity contribution is 7.89. The van der Waals surface area contributed by atoms with E-state index in [0.29, 0.717) is 12.4 Å². The molecule has 6 heteroatoms. The zero-order valence-corrected chi connectivity index (χ0v) is 15.2. The van der Waals surface area contributed by atoms with Gasteiger partial charge in [-0.25, -0.2) is 8.42 Å². The largest absolute Gasteiger partial charge is 0.489 e. The number of ether oxygens (including phenoxy) is 1. The van der Waals surface area contributed by atoms with Crippen LogP contribution in [0.25, 0.3) is 0 Å². The molecule has 0 amide bonds. The van der Waals surface area contributed by atoms with Crippen LogP contribution in [0.4, 0.5) is 5.69 Å². The molecule has 5 nitrogen and oxygen atoms in total. The zero-order chi connectivity index (χ0) is 18.4. The Bertz CT molecular complexity index is 928. The number of hydrogen-bond donors (Lipinski definition) is 1. The van der Waals surface area contributed by atoms with Crippen molar-refractivity contribution < 1.29 is 13.2 Å². The van der Waals surface area contributed by atoms with Crippen molar-refractivity contribution in [3.05, 3.63) is 90.5 Å². The van der Waals surface area contributed by atoms with Gasteiger partial charge in [0.05, 0.1) is 10.6 Å². The Kier molecular flexibility index (Phi) is 5.55. The molecule has 0 aliphatic rings. The highest BCUT2D eigenvalue weighted by atomic mass is 32.2. The Morgan fingerprint density at radius 2 is 1.42 bits per heavy atom. The van der Waals surface area contributed by atoms with Crippen LogP contribution in [0.2, 0.25) is 0 Å². The third-order valence-corrected chi connectivity index (χ3v) is 5.19. The number of anilines is 1. The first kappa shape index (κ1) is 18.0. The lowest BCUT2D eigenvalue weighted by atomic mass is 10.2. The average Bonchev–Trinajstić information content (AvgIpc) is 2.68. The Balaban J connectivity index is 1.65. The molecule has 3 aromatic rings. The van der Waals surface area contributed by atoms with E-state index in [2.05, 4.69) is 4.83 Å². The fourth-order valence-corrected chi connectivity index (χ4v) is 3.46. The van der Waals surface area contributed by atoms with Gasteiger partial charge in [0, 0.05) is 7.05 Å². The fourth-order valence-electron chi connectivity index (χ4n) is 2.39. The molecule has 0 radical (unpaired) electrons. The van der Waals surface area contributed by atoms with Crippen LogP contribution in [0.5, 0.6) is 5.75 Å². The van der Waals surface area contributed by atoms with E-state index in [-0.39, 0.29) is 4.90 Å². The normalized spacial score (nSPS) is 11.1. The number of benzene rings is 3. The molecule has 134 valence electrons. The summed E-state index contributed by atoms with van der Waals surface area (Å²) in [5.74, 6) is 0.615. The van der Waals surface area contributed by atoms with Crippen LogP contribution < -0.4 is 14.6 Å². The molecule has 0 unspecified atom stereocenters. The van der Waals surface area contributed by atoms with E-state index in [1.165, 1.54) is 17.1 Å². The van der Waals surface area contributed by atoms with Gasteiger partial charge in [-0.3, -0.25) is 5.01 Å². The standard InChI is InChI=1S/C20H20N2O3S/c1-22(18-10-6-3-7-11-18)21-26(23,24)20-14-12-19(13-15-20)25-16-17-8-4-2-5-9-17/h2-15,21H,16H2,1H3. The number of para-hydroxylation sites is 1. The monoisotopic (exact) mass is 368 g/mol. The van der Waals surface area contributed by atoms with Crippen LogP contribution in [0, 0.1) is 0 Å². The second-order valence-electron chi connectivity index (χ2n) is 5.73. The maximum Gasteiger partial charge on any atom is 0.257 e. The smallest absolute Gasteiger partial charge is 0.257 e. The summed E-state index contributed by atoms with van der Waals surface area (Å²) in [6.45, 7) is 0.432. The summed E-state index contributed by atoms with van der Waals surface area (Å²) in [6.07, 6.45) is 0. The number of nitrogens with zero attached hydrogens (tertiary/aromatic N) is 1. The third kappa shape index (κ3) is 4.62. The number of hydrazine groups is 1. The molecular weight excluding hydrogens is 348 g/mol. The van der Waals surface area contributed by atoms with E-state index in [0.717, 1.165) is 11.3 Å². The summed E-state index contributed by atoms with van der Waals surface area (Å²) in [7, 11) is -2.01. The van der Waals surface area contributed by atoms with Gasteiger partial charge in [0.25, 0.3) is 10.0 Å². The van der Waals surface area contributed by atoms with Crippen LogP contribution in [-0.4, -0.2) is 15.5 Å². The lowest BCUT2D eigenvalue weighted by molar-refractivity contribution is 0.306. The van der Waals surface area contributed by atoms with Crippen molar-refractivity contribution in [2.75, 3.05) is 12.1 Å². The number of sulfonamides is 1. The minimum absolute atomic E-state index is 0.173. The maximum atomic E-state index is 12.5. The minimum Gasteiger partial charge on any atom is -0.489 e. The van der Waals surface area contributed by atoms with Crippen molar-refractivity contribution in [2.45, 2.75) is 11.5 Å². The molecule has 3 rings (SSSR count). The van der Waals surface area contributed by atoms with Crippen molar-refractivity contribution in [1.29, 1.82) is 0 Å². The van der Waals surface area contributed by atoms with Crippen molar-refractivity contribution >= 4 is 15.7 Å². The maximum absolute atomic E-state index is 12.5. The van der Waals surface area contributed by atoms with Crippen LogP contribution in [0.15, 0.2) is 89.8 Å². The quantitative estimate of drug-likeness (QED) is 0.648. The van der Waals surface area contributed by atoms with Gasteiger partial charge >= 0.3 is 0 Å². The van der Waals surface area contributed by atoms with Crippen molar-refractivity contribution in [3.8, 4) is 5.75 Å². The van der Waals surface area contributed by atoms with Crippen LogP contribution in [0.3, 0.4) is 0 Å². The summed E-state index contributed by atoms with van der Waals surface area (Å²) in [4.78, 5) is 2.70. The van der Waals surface area contributed by atoms with Crippen LogP contribution >= 0.6 is 0 Å². The predicted octanol–water partition coefficient (Wildman–Crippen LogP) is 3.60. The SMILES string of the molecule is CN(NS(=O)(=O)c1ccc(OCc2ccccc2)cc1)c1ccccc1. The summed E-state index contributed by atoms with van der Waals surface area (Å²) >= 11 is 0. The van der Waals surface area contributed by atoms with E-state index in [4.69, 9.17) is 4.74 Å². The lowest BCUT2D eigenvalue weighted by Crippen LogP contribution is -2.39. The Hall–Kier alpha value is -2.83. The molecule has 0 fully saturated rings. The Labute approximate surface area is 153 Å². The van der Waals surface area contributed by atoms with E-state index in [1.54, 1.807) is 19.2 Å². The van der Waals surface area contributed by atoms with E-state index in [1.807, 2.05) is 60.7 Å². The van der Waals surface area contributed by atoms with Crippen molar-refractivity contribution in [2.24, 2.45) is 0 Å². The summed E-state index contributed by atoms with van der Waals surface area (Å²) in [6, 6.07) is 25.4. The van der Waals surface area contributed by atoms with Crippen LogP contribution in [0.1, 0.15) is 5.56 Å². The van der Waals surface area contributed by atoms with Gasteiger partial charge in [-0.15, -0.1) is 4.83 Å². The third-order valence-electron chi connectivity index (χ3n) is 3.78. The Morgan fingerprint density at radius 1 is 0.846 bits per heavy atom. The van der Waals surface area contributed by atoms with Gasteiger partial charge < -0.3 is 4.74 Å². The Morgan fingerprint density at radius 3 is 2.04 bits per heavy atom. The van der Waals surface area contributed by atoms with Crippen LogP contribution in [-0.2, 0) is 16.6 Å². The van der Waals surface area contributed by atoms with Gasteiger partial charge in [-0.1, -0.05) is 48.5 Å². The molecule has 1 N–H and O–H groups in total. The molecular formula is C20H20N2O3S. The average molecular weight is 368 g/mol. The molecule has 0 spiro atoms. The molecule has 0 heterocycles. The zero-order valence-electron chi connectivity index (χ0n) is 14.4. The molecule has 0 aliphatic carbocycles. The van der Waals surface area contributed by atoms with E-state index in [9.17, 15) is 8.42 Å². The van der Waals surface area contributed by atoms with Crippen molar-refractivity contribution in [3.63, 3.8) is 0 Å². The molecule has 0 atom stereocenters. The molecule has 3 aromatic carbocycles. The van der Waals surface area contributed by atoms with Gasteiger partial charge in [0.2, 0.25) is 0 Å². The molecule has 0 bridgehead atoms. The first-order valence-electron chi connectivity index (χ1n) is 8.13. The topological polar surface area (TPSA) is 58.6 Å². The second kappa shape index (κ2) is 8.03. The van der Waals surface area contributed by atoms with Crippen molar-refractivity contribution in [1.82, 2.24) is 4.83 Å². The first-order valence-corrected chi connectivity index (χ1v) is 9.61. The molecule has 26 heavy (non-hydrogen) atoms. The number of nitrogens with one attached hydrogen (secondary N) is 1. The van der Waals surface area contributed by atoms with E-state index < -0.39 is 10.0 Å². The highest BCUT2D eigenvalue weighted by Gasteiger charge is 2.16. The van der Waals surface area contributed by atoms with Gasteiger partial charge in [0.15, 0.2) is 0 Å². The molecule has 0 saturated heterocycles. The molecule has 0 aromatic heterocycles. The number of rotatable bonds is 7. The lowest BCUT2D eigenvalue weighted by Gasteiger charge is -2.20. The predicted molar refractivity (Wildman–Crippen MR) is 102 cm³/mol. The van der Waals surface area contributed by atoms with Gasteiger partial charge in [0.1, 0.15) is 12.4 Å². The molecule has 0 saturated carbocycles. The summed E-state index contributed by atoms with van der Waals surface area (Å²) in [5.41, 5.74) is 1.80. The fraction of sp³-hybridized carbons (Fsp3) is 0.100. The molecule has 0 aliphatic heterocycles. The highest BCUT2D eigenvalue weighted by Crippen LogP contribution is 2.18. The first-order chi connectivity index (χ1) is 12.5. The summed E-state index contributed by atoms with van der Waals surface area (Å²) in [5, 5.41) is 1.47. The van der Waals surface area contributed by atoms with E-state index >= 15 is 0 Å². The van der Waals surface area contributed by atoms with Gasteiger partial charge in [-0.2, -0.15) is 0 Å². The van der Waals surface area contributed by atoms with Gasteiger partial charge in [-0.05, 0) is 42.0 Å².